The maximum Gasteiger partial charge on any atom is 0.416 e. The Morgan fingerprint density at radius 2 is 1.32 bits per heavy atom. The zero-order chi connectivity index (χ0) is 25.5. The lowest BCUT2D eigenvalue weighted by molar-refractivity contribution is -0.202. The third-order valence-electron chi connectivity index (χ3n) is 5.65. The highest BCUT2D eigenvalue weighted by Crippen LogP contribution is 2.39. The van der Waals surface area contributed by atoms with Gasteiger partial charge in [-0.1, -0.05) is 24.3 Å². The van der Waals surface area contributed by atoms with Gasteiger partial charge in [-0.05, 0) is 34.9 Å². The van der Waals surface area contributed by atoms with Crippen LogP contribution < -0.4 is 0 Å². The molecule has 0 spiro atoms. The van der Waals surface area contributed by atoms with E-state index in [1.54, 1.807) is 0 Å². The number of benzene rings is 2. The number of carbonyl (C=O) groups is 1. The molecule has 12 heteroatoms. The Morgan fingerprint density at radius 3 is 1.74 bits per heavy atom. The monoisotopic (exact) mass is 494 g/mol. The van der Waals surface area contributed by atoms with Crippen molar-refractivity contribution < 1.29 is 56.3 Å². The Bertz CT molecular complexity index is 989. The fourth-order valence-corrected chi connectivity index (χ4v) is 3.75. The standard InChI is InChI=1S/C22H20F6O6/c23-21(24,25)14-5-13(6-15(7-14)22(26,27)28)12-3-1-11(2-4-12)10-34-20(19(32)33)8-16(29)18(31)17(30)9-20/h1-7,16-18,29-31H,8-10H2,(H,32,33)/t16-,17-,18?,20?/m1/s1. The van der Waals surface area contributed by atoms with E-state index in [2.05, 4.69) is 0 Å². The van der Waals surface area contributed by atoms with Gasteiger partial charge in [-0.25, -0.2) is 4.79 Å². The summed E-state index contributed by atoms with van der Waals surface area (Å²) >= 11 is 0. The van der Waals surface area contributed by atoms with E-state index in [0.717, 1.165) is 0 Å². The van der Waals surface area contributed by atoms with E-state index in [1.165, 1.54) is 24.3 Å². The predicted molar refractivity (Wildman–Crippen MR) is 104 cm³/mol. The van der Waals surface area contributed by atoms with Crippen LogP contribution in [0.1, 0.15) is 29.5 Å². The minimum absolute atomic E-state index is 0.0288. The first kappa shape index (κ1) is 25.9. The van der Waals surface area contributed by atoms with Crippen molar-refractivity contribution in [2.24, 2.45) is 0 Å². The number of aliphatic hydroxyl groups is 3. The van der Waals surface area contributed by atoms with Crippen molar-refractivity contribution in [3.05, 3.63) is 59.2 Å². The zero-order valence-electron chi connectivity index (χ0n) is 17.3. The molecule has 1 aliphatic carbocycles. The average Bonchev–Trinajstić information content (AvgIpc) is 2.74. The highest BCUT2D eigenvalue weighted by molar-refractivity contribution is 5.78. The molecule has 1 aliphatic rings. The normalized spacial score (nSPS) is 25.9. The number of hydrogen-bond donors (Lipinski definition) is 4. The van der Waals surface area contributed by atoms with Gasteiger partial charge in [0.05, 0.1) is 29.9 Å². The van der Waals surface area contributed by atoms with Crippen LogP contribution in [0, 0.1) is 0 Å². The van der Waals surface area contributed by atoms with Crippen molar-refractivity contribution >= 4 is 5.97 Å². The maximum absolute atomic E-state index is 13.1. The van der Waals surface area contributed by atoms with Crippen LogP contribution in [0.2, 0.25) is 0 Å². The number of halogens is 6. The van der Waals surface area contributed by atoms with Crippen LogP contribution in [0.4, 0.5) is 26.3 Å². The molecule has 2 aromatic carbocycles. The largest absolute Gasteiger partial charge is 0.479 e. The molecule has 6 nitrogen and oxygen atoms in total. The van der Waals surface area contributed by atoms with Gasteiger partial charge in [0.2, 0.25) is 0 Å². The molecule has 186 valence electrons. The molecule has 0 aliphatic heterocycles. The maximum atomic E-state index is 13.1. The summed E-state index contributed by atoms with van der Waals surface area (Å²) in [5.74, 6) is -1.47. The Labute approximate surface area is 189 Å². The lowest BCUT2D eigenvalue weighted by Crippen LogP contribution is -2.57. The Hall–Kier alpha value is -2.67. The topological polar surface area (TPSA) is 107 Å². The van der Waals surface area contributed by atoms with Crippen LogP contribution in [0.5, 0.6) is 0 Å². The molecule has 0 radical (unpaired) electrons. The van der Waals surface area contributed by atoms with Crippen molar-refractivity contribution in [1.82, 2.24) is 0 Å². The quantitative estimate of drug-likeness (QED) is 0.474. The van der Waals surface area contributed by atoms with E-state index in [9.17, 15) is 51.6 Å². The Kier molecular flexibility index (Phi) is 7.00. The predicted octanol–water partition coefficient (Wildman–Crippen LogP) is 3.61. The number of carboxylic acids is 1. The first-order valence-corrected chi connectivity index (χ1v) is 9.93. The minimum atomic E-state index is -4.99. The van der Waals surface area contributed by atoms with E-state index in [4.69, 9.17) is 4.74 Å². The summed E-state index contributed by atoms with van der Waals surface area (Å²) in [6, 6.07) is 6.41. The number of alkyl halides is 6. The van der Waals surface area contributed by atoms with Gasteiger partial charge in [-0.3, -0.25) is 0 Å². The molecule has 2 aromatic rings. The lowest BCUT2D eigenvalue weighted by atomic mass is 9.79. The van der Waals surface area contributed by atoms with Crippen molar-refractivity contribution in [3.8, 4) is 11.1 Å². The molecular formula is C22H20F6O6. The molecule has 0 heterocycles. The van der Waals surface area contributed by atoms with Crippen LogP contribution in [0.15, 0.2) is 42.5 Å². The highest BCUT2D eigenvalue weighted by atomic mass is 19.4. The molecular weight excluding hydrogens is 474 g/mol. The van der Waals surface area contributed by atoms with E-state index in [0.29, 0.717) is 17.7 Å². The van der Waals surface area contributed by atoms with Crippen molar-refractivity contribution in [3.63, 3.8) is 0 Å². The van der Waals surface area contributed by atoms with E-state index in [1.807, 2.05) is 0 Å². The second-order valence-corrected chi connectivity index (χ2v) is 8.11. The van der Waals surface area contributed by atoms with Crippen molar-refractivity contribution in [1.29, 1.82) is 0 Å². The summed E-state index contributed by atoms with van der Waals surface area (Å²) in [4.78, 5) is 11.7. The first-order chi connectivity index (χ1) is 15.6. The molecule has 0 saturated heterocycles. The molecule has 1 fully saturated rings. The van der Waals surface area contributed by atoms with Gasteiger partial charge in [0.1, 0.15) is 6.10 Å². The van der Waals surface area contributed by atoms with Crippen LogP contribution in [-0.2, 0) is 28.5 Å². The van der Waals surface area contributed by atoms with Crippen LogP contribution in [0.3, 0.4) is 0 Å². The Balaban J connectivity index is 1.84. The summed E-state index contributed by atoms with van der Waals surface area (Å²) in [7, 11) is 0. The summed E-state index contributed by atoms with van der Waals surface area (Å²) in [6.45, 7) is -0.349. The molecule has 34 heavy (non-hydrogen) atoms. The first-order valence-electron chi connectivity index (χ1n) is 9.93. The van der Waals surface area contributed by atoms with Crippen molar-refractivity contribution in [2.45, 2.75) is 55.7 Å². The number of hydrogen-bond acceptors (Lipinski definition) is 5. The fraction of sp³-hybridized carbons (Fsp3) is 0.409. The molecule has 0 bridgehead atoms. The van der Waals surface area contributed by atoms with Gasteiger partial charge in [-0.2, -0.15) is 26.3 Å². The van der Waals surface area contributed by atoms with Gasteiger partial charge in [-0.15, -0.1) is 0 Å². The van der Waals surface area contributed by atoms with E-state index < -0.39 is 66.2 Å². The SMILES string of the molecule is O=C(O)C1(OCc2ccc(-c3cc(C(F)(F)F)cc(C(F)(F)F)c3)cc2)C[C@@H](O)C(O)[C@H](O)C1. The second kappa shape index (κ2) is 9.17. The zero-order valence-corrected chi connectivity index (χ0v) is 17.3. The van der Waals surface area contributed by atoms with Gasteiger partial charge in [0.15, 0.2) is 5.60 Å². The summed E-state index contributed by atoms with van der Waals surface area (Å²) < 4.78 is 84.0. The van der Waals surface area contributed by atoms with Crippen molar-refractivity contribution in [2.75, 3.05) is 0 Å². The molecule has 2 atom stereocenters. The smallest absolute Gasteiger partial charge is 0.416 e. The minimum Gasteiger partial charge on any atom is -0.479 e. The van der Waals surface area contributed by atoms with Gasteiger partial charge >= 0.3 is 18.3 Å². The lowest BCUT2D eigenvalue weighted by Gasteiger charge is -2.40. The number of rotatable bonds is 5. The van der Waals surface area contributed by atoms with Gasteiger partial charge < -0.3 is 25.2 Å². The summed E-state index contributed by atoms with van der Waals surface area (Å²) in [6.07, 6.45) is -15.6. The highest BCUT2D eigenvalue weighted by Gasteiger charge is 2.50. The third-order valence-corrected chi connectivity index (χ3v) is 5.65. The van der Waals surface area contributed by atoms with Crippen LogP contribution in [-0.4, -0.2) is 50.3 Å². The van der Waals surface area contributed by atoms with Crippen LogP contribution in [0.25, 0.3) is 11.1 Å². The third kappa shape index (κ3) is 5.52. The fourth-order valence-electron chi connectivity index (χ4n) is 3.75. The van der Waals surface area contributed by atoms with Crippen LogP contribution >= 0.6 is 0 Å². The summed E-state index contributed by atoms with van der Waals surface area (Å²) in [5, 5.41) is 38.9. The van der Waals surface area contributed by atoms with E-state index >= 15 is 0 Å². The number of carboxylic acid groups (broad SMARTS) is 1. The molecule has 0 aromatic heterocycles. The average molecular weight is 494 g/mol. The Morgan fingerprint density at radius 1 is 0.853 bits per heavy atom. The molecule has 0 amide bonds. The molecule has 3 rings (SSSR count). The number of ether oxygens (including phenoxy) is 1. The van der Waals surface area contributed by atoms with Gasteiger partial charge in [0.25, 0.3) is 0 Å². The molecule has 4 N–H and O–H groups in total. The van der Waals surface area contributed by atoms with E-state index in [-0.39, 0.29) is 23.8 Å². The van der Waals surface area contributed by atoms with Gasteiger partial charge in [0, 0.05) is 12.8 Å². The number of aliphatic carboxylic acids is 1. The second-order valence-electron chi connectivity index (χ2n) is 8.11. The molecule has 1 saturated carbocycles. The summed E-state index contributed by atoms with van der Waals surface area (Å²) in [5.41, 5.74) is -4.83. The number of aliphatic hydroxyl groups excluding tert-OH is 3. The molecule has 0 unspecified atom stereocenters.